The fourth-order valence-electron chi connectivity index (χ4n) is 8.06. The van der Waals surface area contributed by atoms with Crippen LogP contribution < -0.4 is 20.7 Å². The van der Waals surface area contributed by atoms with Gasteiger partial charge < -0.3 is 25.6 Å². The third kappa shape index (κ3) is 7.82. The van der Waals surface area contributed by atoms with E-state index in [1.165, 1.54) is 4.90 Å². The standard InChI is InChI=1S/C39H48F4N6O4/c1-23(2)49-31-14-10-9-12-29(31)45-36(49)53-28-20-32-33(50)46-38(35(52)47-37(3)15-16-37)21-24(38)11-7-5-4-6-8-13-30(34(51)48(32)22-28)44-27-18-25(39(41,42)43)17-26(40)19-27/h9-10,12,14,17-19,23-24,28,30,32,44H,4-8,11,13,15-16,20-22H2,1-3H3,(H,46,50)(H,47,52)/t24-,28-,30+,32+,38-/m1/s1. The summed E-state index contributed by atoms with van der Waals surface area (Å²) in [7, 11) is 0. The summed E-state index contributed by atoms with van der Waals surface area (Å²) in [5, 5.41) is 9.15. The molecular formula is C39H48F4N6O4. The number of fused-ring (bicyclic) bond motifs is 3. The van der Waals surface area contributed by atoms with E-state index < -0.39 is 53.1 Å². The Balaban J connectivity index is 1.21. The van der Waals surface area contributed by atoms with Gasteiger partial charge in [0.1, 0.15) is 29.5 Å². The number of carbonyl (C=O) groups is 3. The molecule has 14 heteroatoms. The molecule has 3 aromatic rings. The van der Waals surface area contributed by atoms with Crippen molar-refractivity contribution in [1.82, 2.24) is 25.1 Å². The number of benzene rings is 2. The van der Waals surface area contributed by atoms with Gasteiger partial charge in [0.15, 0.2) is 0 Å². The number of para-hydroxylation sites is 2. The topological polar surface area (TPSA) is 118 Å². The average Bonchev–Trinajstić information content (AvgIpc) is 3.88. The van der Waals surface area contributed by atoms with E-state index in [9.17, 15) is 31.9 Å². The smallest absolute Gasteiger partial charge is 0.416 e. The van der Waals surface area contributed by atoms with Gasteiger partial charge in [0.2, 0.25) is 17.7 Å². The lowest BCUT2D eigenvalue weighted by Crippen LogP contribution is -2.58. The lowest BCUT2D eigenvalue weighted by molar-refractivity contribution is -0.140. The van der Waals surface area contributed by atoms with Crippen LogP contribution in [0.15, 0.2) is 42.5 Å². The third-order valence-electron chi connectivity index (χ3n) is 11.4. The number of aromatic nitrogens is 2. The van der Waals surface area contributed by atoms with Gasteiger partial charge in [0.05, 0.1) is 23.1 Å². The summed E-state index contributed by atoms with van der Waals surface area (Å²) in [6.45, 7) is 5.98. The van der Waals surface area contributed by atoms with E-state index in [4.69, 9.17) is 9.72 Å². The zero-order valence-electron chi connectivity index (χ0n) is 30.4. The number of anilines is 1. The van der Waals surface area contributed by atoms with E-state index >= 15 is 0 Å². The molecule has 286 valence electrons. The second kappa shape index (κ2) is 14.1. The summed E-state index contributed by atoms with van der Waals surface area (Å²) in [5.74, 6) is -2.33. The molecule has 7 rings (SSSR count). The van der Waals surface area contributed by atoms with Crippen molar-refractivity contribution in [1.29, 1.82) is 0 Å². The first kappa shape index (κ1) is 37.0. The molecule has 3 amide bonds. The summed E-state index contributed by atoms with van der Waals surface area (Å²) in [6, 6.07) is 7.96. The van der Waals surface area contributed by atoms with Crippen LogP contribution in [0.4, 0.5) is 23.2 Å². The van der Waals surface area contributed by atoms with Crippen LogP contribution in [-0.4, -0.2) is 68.0 Å². The zero-order valence-corrected chi connectivity index (χ0v) is 30.4. The van der Waals surface area contributed by atoms with Crippen LogP contribution in [0.1, 0.15) is 103 Å². The van der Waals surface area contributed by atoms with Gasteiger partial charge in [-0.3, -0.25) is 19.0 Å². The molecule has 3 heterocycles. The number of alkyl halides is 3. The number of hydrogen-bond acceptors (Lipinski definition) is 6. The Morgan fingerprint density at radius 3 is 2.47 bits per heavy atom. The first-order valence-electron chi connectivity index (χ1n) is 18.9. The van der Waals surface area contributed by atoms with Crippen molar-refractivity contribution in [2.45, 2.75) is 133 Å². The summed E-state index contributed by atoms with van der Waals surface area (Å²) < 4.78 is 63.9. The van der Waals surface area contributed by atoms with Crippen LogP contribution in [-0.2, 0) is 20.6 Å². The summed E-state index contributed by atoms with van der Waals surface area (Å²) in [6.07, 6.45) is 1.91. The van der Waals surface area contributed by atoms with Gasteiger partial charge in [0.25, 0.3) is 6.01 Å². The fourth-order valence-corrected chi connectivity index (χ4v) is 8.06. The molecule has 0 unspecified atom stereocenters. The minimum Gasteiger partial charge on any atom is -0.459 e. The number of ether oxygens (including phenoxy) is 1. The van der Waals surface area contributed by atoms with E-state index in [1.807, 2.05) is 49.6 Å². The van der Waals surface area contributed by atoms with Gasteiger partial charge in [0, 0.05) is 23.7 Å². The highest BCUT2D eigenvalue weighted by Crippen LogP contribution is 2.49. The molecule has 5 atom stereocenters. The molecule has 2 saturated heterocycles. The van der Waals surface area contributed by atoms with Crippen LogP contribution >= 0.6 is 0 Å². The number of imidazole rings is 1. The molecule has 53 heavy (non-hydrogen) atoms. The minimum absolute atomic E-state index is 0.00590. The van der Waals surface area contributed by atoms with Gasteiger partial charge in [-0.25, -0.2) is 4.39 Å². The number of rotatable bonds is 7. The number of halogens is 4. The predicted molar refractivity (Wildman–Crippen MR) is 191 cm³/mol. The molecular weight excluding hydrogens is 692 g/mol. The van der Waals surface area contributed by atoms with Crippen molar-refractivity contribution in [2.75, 3.05) is 11.9 Å². The van der Waals surface area contributed by atoms with E-state index in [-0.39, 0.29) is 48.5 Å². The number of nitrogens with one attached hydrogen (secondary N) is 3. The van der Waals surface area contributed by atoms with Crippen LogP contribution in [0.3, 0.4) is 0 Å². The molecule has 0 spiro atoms. The molecule has 1 aromatic heterocycles. The molecule has 2 aromatic carbocycles. The summed E-state index contributed by atoms with van der Waals surface area (Å²) in [4.78, 5) is 49.0. The number of nitrogens with zero attached hydrogens (tertiary/aromatic N) is 3. The monoisotopic (exact) mass is 740 g/mol. The Hall–Kier alpha value is -4.36. The van der Waals surface area contributed by atoms with E-state index in [0.717, 1.165) is 68.1 Å². The number of carbonyl (C=O) groups excluding carboxylic acids is 3. The van der Waals surface area contributed by atoms with E-state index in [2.05, 4.69) is 16.0 Å². The Bertz CT molecular complexity index is 1880. The lowest BCUT2D eigenvalue weighted by atomic mass is 10.0. The maximum absolute atomic E-state index is 14.6. The van der Waals surface area contributed by atoms with Crippen LogP contribution in [0, 0.1) is 11.7 Å². The number of hydrogen-bond donors (Lipinski definition) is 3. The largest absolute Gasteiger partial charge is 0.459 e. The maximum Gasteiger partial charge on any atom is 0.416 e. The SMILES string of the molecule is CC(C)n1c(O[C@@H]2C[C@H]3C(=O)N[C@]4(C(=O)NC5(C)CC5)C[C@H]4CCCCCCC[C@H](Nc4cc(F)cc(C(F)(F)F)c4)C(=O)N3C2)nc2ccccc21. The highest BCUT2D eigenvalue weighted by Gasteiger charge is 2.62. The van der Waals surface area contributed by atoms with Crippen LogP contribution in [0.5, 0.6) is 6.01 Å². The van der Waals surface area contributed by atoms with Crippen molar-refractivity contribution in [3.05, 3.63) is 53.8 Å². The Kier molecular flexibility index (Phi) is 9.86. The van der Waals surface area contributed by atoms with Crippen molar-refractivity contribution in [3.8, 4) is 6.01 Å². The Morgan fingerprint density at radius 1 is 1.04 bits per heavy atom. The van der Waals surface area contributed by atoms with Crippen molar-refractivity contribution in [2.24, 2.45) is 5.92 Å². The minimum atomic E-state index is -4.79. The molecule has 3 N–H and O–H groups in total. The zero-order chi connectivity index (χ0) is 37.7. The van der Waals surface area contributed by atoms with Gasteiger partial charge in [-0.1, -0.05) is 44.2 Å². The molecule has 4 fully saturated rings. The first-order chi connectivity index (χ1) is 25.2. The fraction of sp³-hybridized carbons (Fsp3) is 0.590. The third-order valence-corrected chi connectivity index (χ3v) is 11.4. The van der Waals surface area contributed by atoms with Crippen molar-refractivity contribution in [3.63, 3.8) is 0 Å². The van der Waals surface area contributed by atoms with Crippen LogP contribution in [0.2, 0.25) is 0 Å². The van der Waals surface area contributed by atoms with Crippen LogP contribution in [0.25, 0.3) is 11.0 Å². The van der Waals surface area contributed by atoms with Gasteiger partial charge >= 0.3 is 6.18 Å². The summed E-state index contributed by atoms with van der Waals surface area (Å²) in [5.41, 5.74) is -1.14. The second-order valence-corrected chi connectivity index (χ2v) is 16.0. The maximum atomic E-state index is 14.6. The first-order valence-corrected chi connectivity index (χ1v) is 18.9. The predicted octanol–water partition coefficient (Wildman–Crippen LogP) is 6.89. The highest BCUT2D eigenvalue weighted by molar-refractivity contribution is 5.98. The average molecular weight is 741 g/mol. The molecule has 0 radical (unpaired) electrons. The lowest BCUT2D eigenvalue weighted by Gasteiger charge is -2.30. The molecule has 2 aliphatic heterocycles. The van der Waals surface area contributed by atoms with Gasteiger partial charge in [-0.2, -0.15) is 18.2 Å². The normalized spacial score (nSPS) is 27.7. The second-order valence-electron chi connectivity index (χ2n) is 16.0. The molecule has 2 saturated carbocycles. The van der Waals surface area contributed by atoms with E-state index in [0.29, 0.717) is 24.9 Å². The van der Waals surface area contributed by atoms with Crippen molar-refractivity contribution < 1.29 is 36.7 Å². The summed E-state index contributed by atoms with van der Waals surface area (Å²) >= 11 is 0. The molecule has 4 aliphatic rings. The Morgan fingerprint density at radius 2 is 1.75 bits per heavy atom. The highest BCUT2D eigenvalue weighted by atomic mass is 19.4. The molecule has 2 aliphatic carbocycles. The quantitative estimate of drug-likeness (QED) is 0.227. The number of amides is 3. The van der Waals surface area contributed by atoms with Gasteiger partial charge in [-0.15, -0.1) is 0 Å². The van der Waals surface area contributed by atoms with Gasteiger partial charge in [-0.05, 0) is 89.1 Å². The van der Waals surface area contributed by atoms with E-state index in [1.54, 1.807) is 0 Å². The molecule has 10 nitrogen and oxygen atoms in total. The Labute approximate surface area is 306 Å². The molecule has 0 bridgehead atoms. The van der Waals surface area contributed by atoms with Crippen molar-refractivity contribution >= 4 is 34.4 Å².